The fourth-order valence-electron chi connectivity index (χ4n) is 3.20. The van der Waals surface area contributed by atoms with E-state index in [1.807, 2.05) is 42.5 Å². The number of hydrogen-bond acceptors (Lipinski definition) is 3. The molecule has 0 saturated heterocycles. The Morgan fingerprint density at radius 2 is 1.83 bits per heavy atom. The minimum absolute atomic E-state index is 0.0679. The second-order valence-electron chi connectivity index (χ2n) is 7.26. The van der Waals surface area contributed by atoms with Crippen molar-refractivity contribution in [3.05, 3.63) is 94.5 Å². The number of terminal acetylenes is 1. The Balaban J connectivity index is 1.98. The number of ketones is 1. The molecule has 0 atom stereocenters. The maximum Gasteiger partial charge on any atom is 0.193 e. The third kappa shape index (κ3) is 5.06. The zero-order chi connectivity index (χ0) is 20.8. The van der Waals surface area contributed by atoms with E-state index < -0.39 is 0 Å². The first-order valence-corrected chi connectivity index (χ1v) is 9.59. The number of phenols is 1. The van der Waals surface area contributed by atoms with Crippen molar-refractivity contribution in [1.29, 1.82) is 0 Å². The Bertz CT molecular complexity index is 1040. The topological polar surface area (TPSA) is 46.5 Å². The van der Waals surface area contributed by atoms with Crippen molar-refractivity contribution in [2.24, 2.45) is 0 Å². The van der Waals surface area contributed by atoms with E-state index >= 15 is 0 Å². The maximum absolute atomic E-state index is 13.3. The number of phenolic OH excluding ortho intramolecular Hbond substituents is 1. The summed E-state index contributed by atoms with van der Waals surface area (Å²) in [6, 6.07) is 20.2. The van der Waals surface area contributed by atoms with E-state index in [0.29, 0.717) is 29.2 Å². The molecular formula is C26H24O3. The SMILES string of the molecule is C#CCOc1ccc(Cc2cccc(O)c2)c(C(=O)c2ccc(C(C)C)cc2)c1. The van der Waals surface area contributed by atoms with Crippen molar-refractivity contribution in [3.8, 4) is 23.8 Å². The van der Waals surface area contributed by atoms with Crippen LogP contribution in [0, 0.1) is 12.3 Å². The fraction of sp³-hybridized carbons (Fsp3) is 0.192. The third-order valence-corrected chi connectivity index (χ3v) is 4.79. The molecule has 0 unspecified atom stereocenters. The molecule has 0 amide bonds. The third-order valence-electron chi connectivity index (χ3n) is 4.79. The molecule has 3 heteroatoms. The molecule has 0 heterocycles. The molecule has 1 N–H and O–H groups in total. The molecule has 0 fully saturated rings. The number of rotatable bonds is 7. The normalized spacial score (nSPS) is 10.6. The van der Waals surface area contributed by atoms with Crippen molar-refractivity contribution in [1.82, 2.24) is 0 Å². The first-order chi connectivity index (χ1) is 14.0. The van der Waals surface area contributed by atoms with Crippen LogP contribution in [0.2, 0.25) is 0 Å². The summed E-state index contributed by atoms with van der Waals surface area (Å²) >= 11 is 0. The van der Waals surface area contributed by atoms with Gasteiger partial charge >= 0.3 is 0 Å². The van der Waals surface area contributed by atoms with Gasteiger partial charge in [0, 0.05) is 11.1 Å². The van der Waals surface area contributed by atoms with Crippen LogP contribution in [-0.2, 0) is 6.42 Å². The lowest BCUT2D eigenvalue weighted by Crippen LogP contribution is -2.07. The highest BCUT2D eigenvalue weighted by molar-refractivity contribution is 6.10. The zero-order valence-electron chi connectivity index (χ0n) is 16.7. The van der Waals surface area contributed by atoms with Crippen LogP contribution in [0.5, 0.6) is 11.5 Å². The van der Waals surface area contributed by atoms with E-state index in [1.54, 1.807) is 24.3 Å². The van der Waals surface area contributed by atoms with Gasteiger partial charge in [-0.25, -0.2) is 0 Å². The van der Waals surface area contributed by atoms with Crippen LogP contribution in [0.3, 0.4) is 0 Å². The van der Waals surface area contributed by atoms with E-state index in [-0.39, 0.29) is 18.1 Å². The predicted molar refractivity (Wildman–Crippen MR) is 116 cm³/mol. The monoisotopic (exact) mass is 384 g/mol. The minimum atomic E-state index is -0.0679. The molecule has 0 radical (unpaired) electrons. The first-order valence-electron chi connectivity index (χ1n) is 9.59. The molecule has 3 aromatic carbocycles. The van der Waals surface area contributed by atoms with Gasteiger partial charge in [-0.3, -0.25) is 4.79 Å². The van der Waals surface area contributed by atoms with Gasteiger partial charge in [0.2, 0.25) is 0 Å². The van der Waals surface area contributed by atoms with Crippen LogP contribution >= 0.6 is 0 Å². The van der Waals surface area contributed by atoms with Crippen LogP contribution in [0.15, 0.2) is 66.7 Å². The number of ether oxygens (including phenoxy) is 1. The predicted octanol–water partition coefficient (Wildman–Crippen LogP) is 5.35. The molecular weight excluding hydrogens is 360 g/mol. The largest absolute Gasteiger partial charge is 0.508 e. The lowest BCUT2D eigenvalue weighted by molar-refractivity contribution is 0.103. The number of hydrogen-bond donors (Lipinski definition) is 1. The first kappa shape index (κ1) is 20.2. The molecule has 3 nitrogen and oxygen atoms in total. The lowest BCUT2D eigenvalue weighted by atomic mass is 9.92. The fourth-order valence-corrected chi connectivity index (χ4v) is 3.20. The average molecular weight is 384 g/mol. The summed E-state index contributed by atoms with van der Waals surface area (Å²) < 4.78 is 5.53. The summed E-state index contributed by atoms with van der Waals surface area (Å²) in [7, 11) is 0. The van der Waals surface area contributed by atoms with E-state index in [1.165, 1.54) is 5.56 Å². The Morgan fingerprint density at radius 1 is 1.07 bits per heavy atom. The van der Waals surface area contributed by atoms with Crippen molar-refractivity contribution < 1.29 is 14.6 Å². The van der Waals surface area contributed by atoms with Crippen LogP contribution < -0.4 is 4.74 Å². The van der Waals surface area contributed by atoms with E-state index in [4.69, 9.17) is 11.2 Å². The molecule has 3 aromatic rings. The molecule has 0 aliphatic rings. The molecule has 0 saturated carbocycles. The molecule has 146 valence electrons. The second-order valence-corrected chi connectivity index (χ2v) is 7.26. The van der Waals surface area contributed by atoms with Gasteiger partial charge in [-0.05, 0) is 53.3 Å². The second kappa shape index (κ2) is 9.12. The molecule has 0 bridgehead atoms. The summed E-state index contributed by atoms with van der Waals surface area (Å²) in [5.41, 5.74) is 4.17. The van der Waals surface area contributed by atoms with Crippen molar-refractivity contribution >= 4 is 5.78 Å². The standard InChI is InChI=1S/C26H24O3/c1-4-14-29-24-13-12-22(15-19-6-5-7-23(27)16-19)25(17-24)26(28)21-10-8-20(9-11-21)18(2)3/h1,5-13,16-18,27H,14-15H2,2-3H3. The van der Waals surface area contributed by atoms with Crippen LogP contribution in [0.4, 0.5) is 0 Å². The van der Waals surface area contributed by atoms with Gasteiger partial charge in [0.25, 0.3) is 0 Å². The smallest absolute Gasteiger partial charge is 0.193 e. The van der Waals surface area contributed by atoms with Crippen molar-refractivity contribution in [2.75, 3.05) is 6.61 Å². The van der Waals surface area contributed by atoms with Gasteiger partial charge in [-0.2, -0.15) is 0 Å². The van der Waals surface area contributed by atoms with Gasteiger partial charge < -0.3 is 9.84 Å². The highest BCUT2D eigenvalue weighted by Crippen LogP contribution is 2.25. The summed E-state index contributed by atoms with van der Waals surface area (Å²) in [5.74, 6) is 3.54. The lowest BCUT2D eigenvalue weighted by Gasteiger charge is -2.13. The number of benzene rings is 3. The van der Waals surface area contributed by atoms with Gasteiger partial charge in [0.1, 0.15) is 18.1 Å². The van der Waals surface area contributed by atoms with E-state index in [9.17, 15) is 9.90 Å². The van der Waals surface area contributed by atoms with E-state index in [0.717, 1.165) is 11.1 Å². The zero-order valence-corrected chi connectivity index (χ0v) is 16.7. The Hall–Kier alpha value is -3.51. The Kier molecular flexibility index (Phi) is 6.36. The van der Waals surface area contributed by atoms with Gasteiger partial charge in [-0.15, -0.1) is 6.42 Å². The maximum atomic E-state index is 13.3. The number of carbonyl (C=O) groups is 1. The molecule has 0 aliphatic heterocycles. The van der Waals surface area contributed by atoms with E-state index in [2.05, 4.69) is 19.8 Å². The number of aromatic hydroxyl groups is 1. The van der Waals surface area contributed by atoms with Crippen molar-refractivity contribution in [3.63, 3.8) is 0 Å². The Morgan fingerprint density at radius 3 is 2.48 bits per heavy atom. The summed E-state index contributed by atoms with van der Waals surface area (Å²) in [5, 5.41) is 9.75. The molecule has 3 rings (SSSR count). The Labute approximate surface area is 172 Å². The van der Waals surface area contributed by atoms with Crippen LogP contribution in [-0.4, -0.2) is 17.5 Å². The van der Waals surface area contributed by atoms with Gasteiger partial charge in [0.15, 0.2) is 5.78 Å². The summed E-state index contributed by atoms with van der Waals surface area (Å²) in [4.78, 5) is 13.3. The quantitative estimate of drug-likeness (QED) is 0.441. The minimum Gasteiger partial charge on any atom is -0.508 e. The molecule has 29 heavy (non-hydrogen) atoms. The highest BCUT2D eigenvalue weighted by Gasteiger charge is 2.16. The average Bonchev–Trinajstić information content (AvgIpc) is 2.72. The molecule has 0 spiro atoms. The van der Waals surface area contributed by atoms with Crippen molar-refractivity contribution in [2.45, 2.75) is 26.2 Å². The molecule has 0 aromatic heterocycles. The van der Waals surface area contributed by atoms with Crippen LogP contribution in [0.25, 0.3) is 0 Å². The van der Waals surface area contributed by atoms with Gasteiger partial charge in [-0.1, -0.05) is 62.2 Å². The summed E-state index contributed by atoms with van der Waals surface area (Å²) in [6.07, 6.45) is 5.81. The molecule has 0 aliphatic carbocycles. The summed E-state index contributed by atoms with van der Waals surface area (Å²) in [6.45, 7) is 4.38. The number of carbonyl (C=O) groups excluding carboxylic acids is 1. The van der Waals surface area contributed by atoms with Crippen LogP contribution in [0.1, 0.15) is 52.4 Å². The highest BCUT2D eigenvalue weighted by atomic mass is 16.5. The van der Waals surface area contributed by atoms with Gasteiger partial charge in [0.05, 0.1) is 0 Å².